The van der Waals surface area contributed by atoms with E-state index in [0.29, 0.717) is 5.56 Å². The monoisotopic (exact) mass is 378 g/mol. The van der Waals surface area contributed by atoms with Crippen LogP contribution in [0.1, 0.15) is 11.1 Å². The summed E-state index contributed by atoms with van der Waals surface area (Å²) < 4.78 is 42.3. The number of halogens is 3. The van der Waals surface area contributed by atoms with Gasteiger partial charge in [0.15, 0.2) is 0 Å². The number of hydrogen-bond donors (Lipinski definition) is 2. The molecule has 0 aliphatic heterocycles. The highest BCUT2D eigenvalue weighted by molar-refractivity contribution is 5.85. The first-order valence-corrected chi connectivity index (χ1v) is 8.10. The molecule has 0 radical (unpaired) electrons. The number of para-hydroxylation sites is 2. The molecule has 1 heterocycles. The molecule has 142 valence electrons. The molecule has 0 fully saturated rings. The number of alkyl halides is 3. The number of amides is 2. The summed E-state index contributed by atoms with van der Waals surface area (Å²) in [7, 11) is 0. The van der Waals surface area contributed by atoms with E-state index in [0.717, 1.165) is 16.6 Å². The third-order valence-corrected chi connectivity index (χ3v) is 3.69. The lowest BCUT2D eigenvalue weighted by Gasteiger charge is -2.10. The van der Waals surface area contributed by atoms with Crippen LogP contribution in [0.2, 0.25) is 0 Å². The van der Waals surface area contributed by atoms with Gasteiger partial charge < -0.3 is 10.1 Å². The van der Waals surface area contributed by atoms with Crippen LogP contribution in [0, 0.1) is 0 Å². The topological polar surface area (TPSA) is 68.2 Å². The van der Waals surface area contributed by atoms with Gasteiger partial charge in [0.25, 0.3) is 0 Å². The van der Waals surface area contributed by atoms with Gasteiger partial charge in [-0.3, -0.25) is 0 Å². The molecule has 9 heteroatoms. The van der Waals surface area contributed by atoms with Crippen molar-refractivity contribution in [3.05, 3.63) is 66.0 Å². The number of fused-ring (bicyclic) bond motifs is 1. The number of urea groups is 1. The van der Waals surface area contributed by atoms with Crippen LogP contribution in [0.15, 0.2) is 54.9 Å². The number of imidazole rings is 1. The van der Waals surface area contributed by atoms with Crippen LogP contribution < -0.4 is 10.7 Å². The van der Waals surface area contributed by atoms with Crippen LogP contribution in [-0.2, 0) is 17.9 Å². The fraction of sp³-hybridized carbons (Fsp3) is 0.222. The second kappa shape index (κ2) is 8.09. The summed E-state index contributed by atoms with van der Waals surface area (Å²) in [6.45, 7) is -1.14. The van der Waals surface area contributed by atoms with Crippen molar-refractivity contribution >= 4 is 17.1 Å². The number of hydrogen-bond acceptors (Lipinski definition) is 3. The van der Waals surface area contributed by atoms with Crippen molar-refractivity contribution in [1.29, 1.82) is 0 Å². The second-order valence-electron chi connectivity index (χ2n) is 5.82. The zero-order valence-corrected chi connectivity index (χ0v) is 14.2. The molecule has 0 saturated heterocycles. The average molecular weight is 378 g/mol. The number of carbonyl (C=O) groups is 1. The van der Waals surface area contributed by atoms with E-state index in [1.54, 1.807) is 24.3 Å². The lowest BCUT2D eigenvalue weighted by atomic mass is 10.1. The predicted molar refractivity (Wildman–Crippen MR) is 93.5 cm³/mol. The van der Waals surface area contributed by atoms with Crippen molar-refractivity contribution < 1.29 is 22.7 Å². The minimum Gasteiger partial charge on any atom is -0.367 e. The van der Waals surface area contributed by atoms with Gasteiger partial charge >= 0.3 is 12.2 Å². The normalized spacial score (nSPS) is 11.5. The Morgan fingerprint density at radius 2 is 1.78 bits per heavy atom. The number of nitrogens with one attached hydrogen (secondary N) is 2. The molecule has 3 rings (SSSR count). The van der Waals surface area contributed by atoms with Crippen molar-refractivity contribution in [3.8, 4) is 0 Å². The Balaban J connectivity index is 1.47. The standard InChI is InChI=1S/C18H17F3N4O2/c19-18(20,21)11-27-10-14-7-5-13(6-8-14)9-22-17(26)24-25-12-23-15-3-1-2-4-16(15)25/h1-8,12H,9-11H2,(H2,22,24,26). The summed E-state index contributed by atoms with van der Waals surface area (Å²) in [6.07, 6.45) is -2.82. The minimum atomic E-state index is -4.34. The molecule has 0 aliphatic carbocycles. The lowest BCUT2D eigenvalue weighted by molar-refractivity contribution is -0.176. The fourth-order valence-electron chi connectivity index (χ4n) is 2.42. The molecule has 0 atom stereocenters. The molecule has 6 nitrogen and oxygen atoms in total. The van der Waals surface area contributed by atoms with Crippen molar-refractivity contribution in [1.82, 2.24) is 15.0 Å². The molecule has 2 N–H and O–H groups in total. The number of ether oxygens (including phenoxy) is 1. The lowest BCUT2D eigenvalue weighted by Crippen LogP contribution is -2.33. The quantitative estimate of drug-likeness (QED) is 0.689. The maximum Gasteiger partial charge on any atom is 0.411 e. The van der Waals surface area contributed by atoms with E-state index in [2.05, 4.69) is 20.5 Å². The average Bonchev–Trinajstić information content (AvgIpc) is 3.03. The summed E-state index contributed by atoms with van der Waals surface area (Å²) in [5.74, 6) is 0. The first kappa shape index (κ1) is 18.7. The Morgan fingerprint density at radius 3 is 2.52 bits per heavy atom. The van der Waals surface area contributed by atoms with Crippen LogP contribution in [0.5, 0.6) is 0 Å². The number of aromatic nitrogens is 2. The van der Waals surface area contributed by atoms with Gasteiger partial charge in [-0.25, -0.2) is 19.9 Å². The third-order valence-electron chi connectivity index (χ3n) is 3.69. The van der Waals surface area contributed by atoms with Gasteiger partial charge in [-0.15, -0.1) is 0 Å². The highest BCUT2D eigenvalue weighted by Crippen LogP contribution is 2.16. The molecule has 0 aliphatic rings. The summed E-state index contributed by atoms with van der Waals surface area (Å²) in [5, 5.41) is 2.71. The third kappa shape index (κ3) is 5.45. The van der Waals surface area contributed by atoms with E-state index in [1.165, 1.54) is 11.0 Å². The Kier molecular flexibility index (Phi) is 5.60. The second-order valence-corrected chi connectivity index (χ2v) is 5.82. The predicted octanol–water partition coefficient (Wildman–Crippen LogP) is 3.57. The molecule has 0 bridgehead atoms. The molecule has 1 aromatic heterocycles. The first-order chi connectivity index (χ1) is 12.9. The van der Waals surface area contributed by atoms with Crippen LogP contribution in [0.25, 0.3) is 11.0 Å². The number of rotatable bonds is 6. The van der Waals surface area contributed by atoms with Gasteiger partial charge in [0.05, 0.1) is 17.6 Å². The number of carbonyl (C=O) groups excluding carboxylic acids is 1. The van der Waals surface area contributed by atoms with Gasteiger partial charge in [0, 0.05) is 6.54 Å². The molecule has 0 spiro atoms. The summed E-state index contributed by atoms with van der Waals surface area (Å²) in [4.78, 5) is 16.2. The zero-order chi connectivity index (χ0) is 19.3. The fourth-order valence-corrected chi connectivity index (χ4v) is 2.42. The maximum atomic E-state index is 12.0. The van der Waals surface area contributed by atoms with E-state index >= 15 is 0 Å². The molecule has 2 amide bonds. The van der Waals surface area contributed by atoms with Gasteiger partial charge in [-0.05, 0) is 23.3 Å². The Labute approximate surface area is 152 Å². The van der Waals surface area contributed by atoms with E-state index in [-0.39, 0.29) is 13.2 Å². The van der Waals surface area contributed by atoms with Gasteiger partial charge in [0.1, 0.15) is 12.9 Å². The Morgan fingerprint density at radius 1 is 1.07 bits per heavy atom. The summed E-state index contributed by atoms with van der Waals surface area (Å²) >= 11 is 0. The largest absolute Gasteiger partial charge is 0.411 e. The SMILES string of the molecule is O=C(NCc1ccc(COCC(F)(F)F)cc1)Nn1cnc2ccccc21. The van der Waals surface area contributed by atoms with Crippen molar-refractivity contribution in [2.75, 3.05) is 12.0 Å². The van der Waals surface area contributed by atoms with E-state index in [9.17, 15) is 18.0 Å². The van der Waals surface area contributed by atoms with Crippen molar-refractivity contribution in [3.63, 3.8) is 0 Å². The zero-order valence-electron chi connectivity index (χ0n) is 14.2. The van der Waals surface area contributed by atoms with Crippen LogP contribution >= 0.6 is 0 Å². The molecular weight excluding hydrogens is 361 g/mol. The van der Waals surface area contributed by atoms with Crippen molar-refractivity contribution in [2.45, 2.75) is 19.3 Å². The number of benzene rings is 2. The molecule has 0 saturated carbocycles. The van der Waals surface area contributed by atoms with Gasteiger partial charge in [-0.2, -0.15) is 13.2 Å². The highest BCUT2D eigenvalue weighted by Gasteiger charge is 2.27. The smallest absolute Gasteiger partial charge is 0.367 e. The van der Waals surface area contributed by atoms with E-state index in [1.807, 2.05) is 24.3 Å². The van der Waals surface area contributed by atoms with Gasteiger partial charge in [0.2, 0.25) is 0 Å². The van der Waals surface area contributed by atoms with E-state index < -0.39 is 18.8 Å². The maximum absolute atomic E-state index is 12.0. The highest BCUT2D eigenvalue weighted by atomic mass is 19.4. The molecule has 27 heavy (non-hydrogen) atoms. The molecule has 3 aromatic rings. The van der Waals surface area contributed by atoms with Crippen LogP contribution in [0.3, 0.4) is 0 Å². The summed E-state index contributed by atoms with van der Waals surface area (Å²) in [5.41, 5.74) is 5.63. The molecular formula is C18H17F3N4O2. The number of nitrogens with zero attached hydrogens (tertiary/aromatic N) is 2. The van der Waals surface area contributed by atoms with Crippen molar-refractivity contribution in [2.24, 2.45) is 0 Å². The van der Waals surface area contributed by atoms with Gasteiger partial charge in [-0.1, -0.05) is 36.4 Å². The Bertz CT molecular complexity index is 907. The Hall–Kier alpha value is -3.07. The van der Waals surface area contributed by atoms with Crippen LogP contribution in [0.4, 0.5) is 18.0 Å². The molecule has 2 aromatic carbocycles. The molecule has 0 unspecified atom stereocenters. The van der Waals surface area contributed by atoms with Crippen LogP contribution in [-0.4, -0.2) is 28.5 Å². The van der Waals surface area contributed by atoms with E-state index in [4.69, 9.17) is 0 Å². The minimum absolute atomic E-state index is 0.124. The first-order valence-electron chi connectivity index (χ1n) is 8.10. The summed E-state index contributed by atoms with van der Waals surface area (Å²) in [6, 6.07) is 13.7.